The minimum atomic E-state index is -0.682. The van der Waals surface area contributed by atoms with Crippen LogP contribution in [0.1, 0.15) is 30.1 Å². The van der Waals surface area contributed by atoms with Crippen molar-refractivity contribution >= 4 is 23.5 Å². The molecule has 3 fully saturated rings. The number of hydrogen-bond acceptors (Lipinski definition) is 4. The minimum absolute atomic E-state index is 0.00896. The maximum Gasteiger partial charge on any atom is 0.331 e. The van der Waals surface area contributed by atoms with Gasteiger partial charge in [0.25, 0.3) is 5.91 Å². The number of piperazine rings is 1. The summed E-state index contributed by atoms with van der Waals surface area (Å²) in [6.07, 6.45) is 5.38. The van der Waals surface area contributed by atoms with Gasteiger partial charge in [-0.1, -0.05) is 6.08 Å². The number of likely N-dealkylation sites (N-methyl/N-ethyl adjacent to an activating group) is 2. The van der Waals surface area contributed by atoms with Crippen LogP contribution >= 0.6 is 0 Å². The lowest BCUT2D eigenvalue weighted by atomic mass is 9.94. The molecule has 3 heterocycles. The molecule has 9 heteroatoms. The molecule has 4 amide bonds. The van der Waals surface area contributed by atoms with Crippen LogP contribution < -0.4 is 10.2 Å². The van der Waals surface area contributed by atoms with Gasteiger partial charge in [-0.15, -0.1) is 0 Å². The number of halogens is 1. The lowest BCUT2D eigenvalue weighted by Gasteiger charge is -2.48. The van der Waals surface area contributed by atoms with E-state index in [1.165, 1.54) is 42.5 Å². The molecule has 0 bridgehead atoms. The van der Waals surface area contributed by atoms with Gasteiger partial charge >= 0.3 is 6.03 Å². The molecular formula is C25H33FN5O3+. The number of nitrogens with one attached hydrogen (secondary N) is 1. The second-order valence-corrected chi connectivity index (χ2v) is 10.4. The van der Waals surface area contributed by atoms with E-state index < -0.39 is 11.8 Å². The summed E-state index contributed by atoms with van der Waals surface area (Å²) in [5.74, 6) is 0.119. The molecule has 2 atom stereocenters. The summed E-state index contributed by atoms with van der Waals surface area (Å²) >= 11 is 0. The minimum Gasteiger partial charge on any atom is -0.327 e. The molecule has 0 aromatic heterocycles. The normalized spacial score (nSPS) is 27.3. The predicted octanol–water partition coefficient (Wildman–Crippen LogP) is 2.03. The van der Waals surface area contributed by atoms with Crippen molar-refractivity contribution in [1.82, 2.24) is 15.1 Å². The van der Waals surface area contributed by atoms with Crippen LogP contribution in [0, 0.1) is 17.7 Å². The molecule has 5 rings (SSSR count). The van der Waals surface area contributed by atoms with Gasteiger partial charge < -0.3 is 9.38 Å². The standard InChI is InChI=1S/C25H33FN5O3/c1-16-12-18(17-4-5-17)14-27-23(16)31(3)10-8-29(9-11-31)24(33)20-7-6-19(13-21(20)26)30-15-22(32)28(2)25(30)34/h6-7,12-13,17-18,23,27H,4-5,8-11,14-15H2,1-3H3/q+1. The highest BCUT2D eigenvalue weighted by molar-refractivity contribution is 6.12. The Labute approximate surface area is 199 Å². The number of imide groups is 1. The zero-order chi connectivity index (χ0) is 24.2. The van der Waals surface area contributed by atoms with Crippen molar-refractivity contribution in [3.05, 3.63) is 41.2 Å². The fraction of sp³-hybridized carbons (Fsp3) is 0.560. The van der Waals surface area contributed by atoms with E-state index in [-0.39, 0.29) is 35.8 Å². The van der Waals surface area contributed by atoms with Crippen LogP contribution in [0.15, 0.2) is 29.8 Å². The van der Waals surface area contributed by atoms with Crippen molar-refractivity contribution in [2.24, 2.45) is 11.8 Å². The largest absolute Gasteiger partial charge is 0.331 e. The molecule has 2 saturated heterocycles. The summed E-state index contributed by atoms with van der Waals surface area (Å²) in [4.78, 5) is 41.0. The Bertz CT molecular complexity index is 1060. The number of benzene rings is 1. The summed E-state index contributed by atoms with van der Waals surface area (Å²) in [6, 6.07) is 3.61. The first kappa shape index (κ1) is 23.0. The first-order chi connectivity index (χ1) is 16.2. The number of amides is 4. The zero-order valence-electron chi connectivity index (χ0n) is 20.1. The summed E-state index contributed by atoms with van der Waals surface area (Å²) in [6.45, 7) is 5.78. The Kier molecular flexibility index (Phi) is 5.72. The monoisotopic (exact) mass is 470 g/mol. The van der Waals surface area contributed by atoms with Crippen molar-refractivity contribution < 1.29 is 23.3 Å². The number of anilines is 1. The second kappa shape index (κ2) is 8.46. The molecular weight excluding hydrogens is 437 g/mol. The molecule has 182 valence electrons. The molecule has 1 aromatic carbocycles. The average Bonchev–Trinajstić information content (AvgIpc) is 3.63. The highest BCUT2D eigenvalue weighted by atomic mass is 19.1. The van der Waals surface area contributed by atoms with Crippen LogP contribution in [-0.4, -0.2) is 91.7 Å². The zero-order valence-corrected chi connectivity index (χ0v) is 20.1. The van der Waals surface area contributed by atoms with E-state index >= 15 is 0 Å². The predicted molar refractivity (Wildman–Crippen MR) is 125 cm³/mol. The van der Waals surface area contributed by atoms with Gasteiger partial charge in [0, 0.05) is 19.3 Å². The third-order valence-corrected chi connectivity index (χ3v) is 8.03. The van der Waals surface area contributed by atoms with E-state index in [1.54, 1.807) is 4.90 Å². The Hall–Kier alpha value is -2.78. The number of nitrogens with zero attached hydrogens (tertiary/aromatic N) is 4. The smallest absolute Gasteiger partial charge is 0.327 e. The second-order valence-electron chi connectivity index (χ2n) is 10.4. The quantitative estimate of drug-likeness (QED) is 0.415. The van der Waals surface area contributed by atoms with Crippen molar-refractivity contribution in [3.63, 3.8) is 0 Å². The number of urea groups is 1. The molecule has 1 aliphatic carbocycles. The van der Waals surface area contributed by atoms with Crippen LogP contribution in [0.4, 0.5) is 14.9 Å². The third kappa shape index (κ3) is 4.01. The Balaban J connectivity index is 1.24. The number of carbonyl (C=O) groups is 3. The van der Waals surface area contributed by atoms with Gasteiger partial charge in [-0.25, -0.2) is 9.18 Å². The van der Waals surface area contributed by atoms with Crippen LogP contribution in [-0.2, 0) is 4.79 Å². The molecule has 1 saturated carbocycles. The van der Waals surface area contributed by atoms with Gasteiger partial charge in [-0.3, -0.25) is 24.7 Å². The molecule has 0 spiro atoms. The van der Waals surface area contributed by atoms with Gasteiger partial charge in [-0.2, -0.15) is 0 Å². The van der Waals surface area contributed by atoms with E-state index in [9.17, 15) is 18.8 Å². The molecule has 8 nitrogen and oxygen atoms in total. The molecule has 4 aliphatic rings. The summed E-state index contributed by atoms with van der Waals surface area (Å²) in [7, 11) is 3.63. The van der Waals surface area contributed by atoms with E-state index in [4.69, 9.17) is 0 Å². The fourth-order valence-corrected chi connectivity index (χ4v) is 5.63. The fourth-order valence-electron chi connectivity index (χ4n) is 5.63. The summed E-state index contributed by atoms with van der Waals surface area (Å²) in [5.41, 5.74) is 1.65. The number of quaternary nitrogens is 1. The lowest BCUT2D eigenvalue weighted by Crippen LogP contribution is -2.67. The van der Waals surface area contributed by atoms with Gasteiger partial charge in [0.15, 0.2) is 6.17 Å². The topological polar surface area (TPSA) is 73.0 Å². The van der Waals surface area contributed by atoms with Crippen molar-refractivity contribution in [1.29, 1.82) is 0 Å². The maximum absolute atomic E-state index is 14.9. The Morgan fingerprint density at radius 2 is 1.88 bits per heavy atom. The van der Waals surface area contributed by atoms with Crippen LogP contribution in [0.3, 0.4) is 0 Å². The van der Waals surface area contributed by atoms with Gasteiger partial charge in [0.05, 0.1) is 38.8 Å². The van der Waals surface area contributed by atoms with E-state index in [1.807, 2.05) is 0 Å². The van der Waals surface area contributed by atoms with E-state index in [2.05, 4.69) is 25.4 Å². The summed E-state index contributed by atoms with van der Waals surface area (Å²) < 4.78 is 15.7. The molecule has 34 heavy (non-hydrogen) atoms. The van der Waals surface area contributed by atoms with Gasteiger partial charge in [-0.05, 0) is 55.4 Å². The van der Waals surface area contributed by atoms with Crippen molar-refractivity contribution in [2.75, 3.05) is 58.3 Å². The van der Waals surface area contributed by atoms with E-state index in [0.29, 0.717) is 19.0 Å². The van der Waals surface area contributed by atoms with Gasteiger partial charge in [0.1, 0.15) is 12.4 Å². The Morgan fingerprint density at radius 1 is 1.18 bits per heavy atom. The van der Waals surface area contributed by atoms with Crippen molar-refractivity contribution in [3.8, 4) is 0 Å². The SMILES string of the molecule is CC1=CC(C2CC2)CNC1[N+]1(C)CCN(C(=O)c2ccc(N3CC(=O)N(C)C3=O)cc2F)CC1. The third-order valence-electron chi connectivity index (χ3n) is 8.03. The van der Waals surface area contributed by atoms with E-state index in [0.717, 1.165) is 41.0 Å². The van der Waals surface area contributed by atoms with Crippen molar-refractivity contribution in [2.45, 2.75) is 25.9 Å². The highest BCUT2D eigenvalue weighted by Crippen LogP contribution is 2.39. The first-order valence-corrected chi connectivity index (χ1v) is 12.1. The van der Waals surface area contributed by atoms with Gasteiger partial charge in [0.2, 0.25) is 5.91 Å². The summed E-state index contributed by atoms with van der Waals surface area (Å²) in [5, 5.41) is 3.76. The van der Waals surface area contributed by atoms with Crippen LogP contribution in [0.2, 0.25) is 0 Å². The highest BCUT2D eigenvalue weighted by Gasteiger charge is 2.42. The number of carbonyl (C=O) groups excluding carboxylic acids is 3. The lowest BCUT2D eigenvalue weighted by molar-refractivity contribution is -0.935. The molecule has 1 N–H and O–H groups in total. The molecule has 1 aromatic rings. The average molecular weight is 471 g/mol. The number of hydrogen-bond donors (Lipinski definition) is 1. The van der Waals surface area contributed by atoms with Crippen LogP contribution in [0.5, 0.6) is 0 Å². The first-order valence-electron chi connectivity index (χ1n) is 12.1. The maximum atomic E-state index is 14.9. The van der Waals surface area contributed by atoms with Crippen LogP contribution in [0.25, 0.3) is 0 Å². The molecule has 0 radical (unpaired) electrons. The Morgan fingerprint density at radius 3 is 2.44 bits per heavy atom. The molecule has 2 unspecified atom stereocenters. The number of rotatable bonds is 4. The molecule has 3 aliphatic heterocycles.